The zero-order chi connectivity index (χ0) is 66.3. The molecule has 9 aromatic carbocycles. The molecule has 1 aliphatic rings. The Labute approximate surface area is 625 Å². The number of pyridine rings is 3. The number of thiazole rings is 1. The van der Waals surface area contributed by atoms with Crippen LogP contribution in [0.4, 0.5) is 0 Å². The summed E-state index contributed by atoms with van der Waals surface area (Å²) in [7, 11) is 0. The van der Waals surface area contributed by atoms with Gasteiger partial charge >= 0.3 is 0 Å². The maximum Gasteiger partial charge on any atom is 0.155 e. The third kappa shape index (κ3) is 24.1. The van der Waals surface area contributed by atoms with Gasteiger partial charge in [-0.2, -0.15) is 11.3 Å². The first-order valence-electron chi connectivity index (χ1n) is 30.0. The van der Waals surface area contributed by atoms with Crippen LogP contribution in [0.2, 0.25) is 0 Å². The molecular formula is C82H70Ir4N4O6S-4. The Bertz CT molecular complexity index is 4570. The number of aliphatic hydroxyl groups excluding tert-OH is 3. The number of allylic oxidation sites excluding steroid dienone is 6. The minimum absolute atomic E-state index is 0. The monoisotopic (exact) mass is 2010 g/mol. The molecule has 4 aromatic heterocycles. The van der Waals surface area contributed by atoms with Gasteiger partial charge in [0.05, 0.1) is 39.3 Å². The molecule has 14 rings (SSSR count). The number of rotatable bonds is 7. The van der Waals surface area contributed by atoms with Crippen molar-refractivity contribution in [2.24, 2.45) is 0 Å². The minimum Gasteiger partial charge on any atom is -0.512 e. The molecule has 4 heterocycles. The Hall–Kier alpha value is -8.67. The van der Waals surface area contributed by atoms with Crippen LogP contribution in [0.25, 0.3) is 98.4 Å². The summed E-state index contributed by atoms with van der Waals surface area (Å²) in [6.07, 6.45) is 3.50. The molecule has 4 radical (unpaired) electrons. The molecule has 0 saturated carbocycles. The van der Waals surface area contributed by atoms with Crippen molar-refractivity contribution in [3.63, 3.8) is 0 Å². The van der Waals surface area contributed by atoms with E-state index in [1.165, 1.54) is 103 Å². The molecule has 500 valence electrons. The zero-order valence-electron chi connectivity index (χ0n) is 54.4. The van der Waals surface area contributed by atoms with E-state index in [1.54, 1.807) is 11.3 Å². The summed E-state index contributed by atoms with van der Waals surface area (Å²) in [5.74, 6) is -0.187. The maximum absolute atomic E-state index is 10.0. The molecule has 0 bridgehead atoms. The second kappa shape index (κ2) is 40.1. The van der Waals surface area contributed by atoms with E-state index in [2.05, 4.69) is 144 Å². The molecule has 0 saturated heterocycles. The topological polar surface area (TPSA) is 163 Å². The smallest absolute Gasteiger partial charge is 0.155 e. The van der Waals surface area contributed by atoms with Crippen molar-refractivity contribution in [1.82, 2.24) is 19.9 Å². The van der Waals surface area contributed by atoms with Gasteiger partial charge in [0.15, 0.2) is 17.3 Å². The third-order valence-electron chi connectivity index (χ3n) is 14.0. The van der Waals surface area contributed by atoms with E-state index < -0.39 is 0 Å². The van der Waals surface area contributed by atoms with Crippen LogP contribution in [0, 0.1) is 24.3 Å². The average Bonchev–Trinajstić information content (AvgIpc) is 1.59. The van der Waals surface area contributed by atoms with Gasteiger partial charge < -0.3 is 15.3 Å². The standard InChI is InChI=1S/C24H18N.2C15H10N.C13H8NS.3C5H8O2.4Ir/c1-24(2)20-9-5-4-8-18(20)19-13-11-17(15-21(19)24)23-14-12-16-7-3-6-10-22(16)25-23;2*1-2-6-12(7-3-1)15-11-10-13-8-4-5-9-14(13)16-15;1-2-6-10(7-3-1)13-14-11-8-4-5-9-12(11)15-13;3*1-4(6)3-5(2)7;;;;/h3-10,12-15H,1-2H3;2*1-6,8-11H;1-6,8-9H;3*3,6H,1-2H3;;;;/q4*-1;;;;;;;. The van der Waals surface area contributed by atoms with Crippen molar-refractivity contribution in [1.29, 1.82) is 0 Å². The third-order valence-corrected chi connectivity index (χ3v) is 15.1. The SMILES string of the molecule is CC(=O)C=C(C)O.CC(=O)C=C(C)O.CC(=O)C=C(C)O.CC1(C)c2ccccc2-c2c[c-]c(-c3ccc4ccccc4n3)cc21.[Ir].[Ir].[Ir].[Ir].[c-]1ccccc1-c1ccc2ccccc2n1.[c-]1ccccc1-c1ccc2ccccc2n1.[c-]1ccccc1-c1nc2ccccc2s1. The molecule has 13 aromatic rings. The number of hydrogen-bond donors (Lipinski definition) is 3. The molecule has 3 N–H and O–H groups in total. The van der Waals surface area contributed by atoms with E-state index in [-0.39, 0.29) is 120 Å². The Balaban J connectivity index is 0.000000251. The number of aromatic nitrogens is 4. The fourth-order valence-corrected chi connectivity index (χ4v) is 10.9. The van der Waals surface area contributed by atoms with Gasteiger partial charge in [0.1, 0.15) is 0 Å². The normalized spacial score (nSPS) is 11.3. The summed E-state index contributed by atoms with van der Waals surface area (Å²) in [6.45, 7) is 13.1. The fraction of sp³-hybridized carbons (Fsp3) is 0.110. The van der Waals surface area contributed by atoms with E-state index >= 15 is 0 Å². The number of ketones is 3. The summed E-state index contributed by atoms with van der Waals surface area (Å²) in [6, 6.07) is 95.1. The molecule has 10 nitrogen and oxygen atoms in total. The molecule has 0 aliphatic heterocycles. The number of para-hydroxylation sites is 4. The van der Waals surface area contributed by atoms with Gasteiger partial charge in [-0.3, -0.25) is 34.3 Å². The van der Waals surface area contributed by atoms with Crippen LogP contribution in [0.15, 0.2) is 278 Å². The van der Waals surface area contributed by atoms with Gasteiger partial charge in [0.25, 0.3) is 0 Å². The van der Waals surface area contributed by atoms with Crippen molar-refractivity contribution in [2.75, 3.05) is 0 Å². The minimum atomic E-state index is -0.125. The van der Waals surface area contributed by atoms with Gasteiger partial charge in [-0.1, -0.05) is 152 Å². The molecule has 0 atom stereocenters. The first-order chi connectivity index (χ1) is 44.8. The summed E-state index contributed by atoms with van der Waals surface area (Å²) in [5.41, 5.74) is 16.6. The fourth-order valence-electron chi connectivity index (χ4n) is 9.94. The molecule has 1 aliphatic carbocycles. The molecule has 0 spiro atoms. The van der Waals surface area contributed by atoms with E-state index in [4.69, 9.17) is 20.3 Å². The van der Waals surface area contributed by atoms with Gasteiger partial charge in [-0.15, -0.1) is 137 Å². The van der Waals surface area contributed by atoms with Gasteiger partial charge in [0, 0.05) is 108 Å². The van der Waals surface area contributed by atoms with Crippen molar-refractivity contribution >= 4 is 71.6 Å². The number of fused-ring (bicyclic) bond motifs is 7. The molecule has 0 fully saturated rings. The van der Waals surface area contributed by atoms with Crippen molar-refractivity contribution in [3.8, 4) is 55.5 Å². The van der Waals surface area contributed by atoms with Gasteiger partial charge in [-0.25, -0.2) is 0 Å². The second-order valence-corrected chi connectivity index (χ2v) is 23.0. The first-order valence-corrected chi connectivity index (χ1v) is 30.8. The Kier molecular flexibility index (Phi) is 33.4. The maximum atomic E-state index is 10.0. The molecule has 0 amide bonds. The summed E-state index contributed by atoms with van der Waals surface area (Å²) < 4.78 is 1.23. The van der Waals surface area contributed by atoms with Crippen molar-refractivity contribution < 1.29 is 110 Å². The van der Waals surface area contributed by atoms with E-state index in [9.17, 15) is 14.4 Å². The number of aliphatic hydroxyl groups is 3. The molecule has 0 unspecified atom stereocenters. The summed E-state index contributed by atoms with van der Waals surface area (Å²) in [4.78, 5) is 48.7. The predicted molar refractivity (Wildman–Crippen MR) is 381 cm³/mol. The van der Waals surface area contributed by atoms with Crippen LogP contribution in [0.1, 0.15) is 66.5 Å². The first kappa shape index (κ1) is 80.8. The van der Waals surface area contributed by atoms with E-state index in [1.807, 2.05) is 152 Å². The van der Waals surface area contributed by atoms with Crippen LogP contribution in [0.5, 0.6) is 0 Å². The molecular weight excluding hydrogens is 1940 g/mol. The second-order valence-electron chi connectivity index (χ2n) is 22.0. The number of hydrogen-bond acceptors (Lipinski definition) is 11. The summed E-state index contributed by atoms with van der Waals surface area (Å²) in [5, 5.41) is 29.6. The summed E-state index contributed by atoms with van der Waals surface area (Å²) >= 11 is 1.71. The zero-order valence-corrected chi connectivity index (χ0v) is 64.8. The largest absolute Gasteiger partial charge is 0.512 e. The van der Waals surface area contributed by atoms with Gasteiger partial charge in [-0.05, 0) is 116 Å². The van der Waals surface area contributed by atoms with Crippen LogP contribution >= 0.6 is 11.3 Å². The number of benzene rings is 9. The Morgan fingerprint density at radius 2 is 0.732 bits per heavy atom. The van der Waals surface area contributed by atoms with Crippen molar-refractivity contribution in [3.05, 3.63) is 314 Å². The Morgan fingerprint density at radius 1 is 0.371 bits per heavy atom. The van der Waals surface area contributed by atoms with Crippen LogP contribution in [0.3, 0.4) is 0 Å². The van der Waals surface area contributed by atoms with Crippen LogP contribution in [-0.2, 0) is 100 Å². The van der Waals surface area contributed by atoms with E-state index in [0.717, 1.165) is 66.4 Å². The number of nitrogens with zero attached hydrogens (tertiary/aromatic N) is 4. The molecule has 97 heavy (non-hydrogen) atoms. The van der Waals surface area contributed by atoms with Crippen LogP contribution < -0.4 is 0 Å². The quantitative estimate of drug-likeness (QED) is 0.0795. The van der Waals surface area contributed by atoms with E-state index in [0.29, 0.717) is 0 Å². The number of carbonyl (C=O) groups is 3. The molecule has 15 heteroatoms. The Morgan fingerprint density at radius 3 is 1.11 bits per heavy atom. The van der Waals surface area contributed by atoms with Crippen LogP contribution in [-0.4, -0.2) is 52.6 Å². The average molecular weight is 2010 g/mol. The van der Waals surface area contributed by atoms with Gasteiger partial charge in [0.2, 0.25) is 0 Å². The predicted octanol–water partition coefficient (Wildman–Crippen LogP) is 20.3. The van der Waals surface area contributed by atoms with Crippen molar-refractivity contribution in [2.45, 2.75) is 60.8 Å². The number of carbonyl (C=O) groups excluding carboxylic acids is 3.